The number of nitrogens with two attached hydrogens (primary N) is 1. The van der Waals surface area contributed by atoms with Gasteiger partial charge in [-0.1, -0.05) is 0 Å². The first-order chi connectivity index (χ1) is 5.10. The highest BCUT2D eigenvalue weighted by Crippen LogP contribution is 2.33. The number of thioether (sulfide) groups is 1. The van der Waals surface area contributed by atoms with Crippen LogP contribution in [0.4, 0.5) is 0 Å². The van der Waals surface area contributed by atoms with Crippen LogP contribution in [-0.2, 0) is 0 Å². The van der Waals surface area contributed by atoms with Crippen molar-refractivity contribution < 1.29 is 4.92 Å². The van der Waals surface area contributed by atoms with Gasteiger partial charge in [0.25, 0.3) is 0 Å². The molecule has 1 unspecified atom stereocenters. The van der Waals surface area contributed by atoms with E-state index >= 15 is 0 Å². The van der Waals surface area contributed by atoms with E-state index in [1.165, 1.54) is 6.20 Å². The minimum Gasteiger partial charge on any atom is -0.392 e. The Kier molecular flexibility index (Phi) is 1.58. The molecule has 0 aliphatic carbocycles. The molecule has 0 saturated carbocycles. The van der Waals surface area contributed by atoms with Gasteiger partial charge in [0, 0.05) is 6.20 Å². The Balaban J connectivity index is 2.86. The summed E-state index contributed by atoms with van der Waals surface area (Å²) in [5.74, 6) is 0. The molecule has 1 heterocycles. The summed E-state index contributed by atoms with van der Waals surface area (Å²) >= 11 is 0.633. The molecule has 0 aromatic carbocycles. The van der Waals surface area contributed by atoms with Crippen molar-refractivity contribution in [1.82, 2.24) is 5.32 Å². The smallest absolute Gasteiger partial charge is 0.392 e. The molecule has 8 heteroatoms. The molecule has 0 bridgehead atoms. The Morgan fingerprint density at radius 2 is 2.64 bits per heavy atom. The number of diazo groups is 1. The van der Waals surface area contributed by atoms with Crippen molar-refractivity contribution in [2.75, 3.05) is 0 Å². The van der Waals surface area contributed by atoms with Crippen molar-refractivity contribution >= 4 is 11.8 Å². The van der Waals surface area contributed by atoms with Crippen LogP contribution < -0.4 is 11.1 Å². The second-order valence-electron chi connectivity index (χ2n) is 1.76. The van der Waals surface area contributed by atoms with Crippen LogP contribution in [0.15, 0.2) is 11.2 Å². The molecule has 0 amide bonds. The van der Waals surface area contributed by atoms with E-state index in [1.807, 2.05) is 0 Å². The second-order valence-corrected chi connectivity index (χ2v) is 3.00. The Hall–Kier alpha value is -1.49. The van der Waals surface area contributed by atoms with E-state index in [4.69, 9.17) is 11.1 Å². The molecule has 1 rings (SSSR count). The molecule has 1 aliphatic heterocycles. The van der Waals surface area contributed by atoms with Crippen LogP contribution in [0.1, 0.15) is 0 Å². The van der Waals surface area contributed by atoms with Crippen molar-refractivity contribution in [1.29, 1.82) is 5.39 Å². The van der Waals surface area contributed by atoms with E-state index in [2.05, 4.69) is 10.3 Å². The number of nitrogens with zero attached hydrogens (tertiary/aromatic N) is 3. The second kappa shape index (κ2) is 2.28. The van der Waals surface area contributed by atoms with Crippen LogP contribution >= 0.6 is 11.8 Å². The highest BCUT2D eigenvalue weighted by atomic mass is 32.2. The summed E-state index contributed by atoms with van der Waals surface area (Å²) < 4.78 is 0. The third-order valence-electron chi connectivity index (χ3n) is 1.05. The summed E-state index contributed by atoms with van der Waals surface area (Å²) in [6.07, 6.45) is 1.22. The standard InChI is InChI=1S/C3H3N5O2S/c4-2-1-6-3(7-5,11-2)8(9)10/h1,4-5H/p+1. The molecule has 58 valence electrons. The SMILES string of the molecule is N#[N+]C1([N+](=O)[O-])NC=C(N)S1. The maximum atomic E-state index is 10.3. The van der Waals surface area contributed by atoms with Crippen LogP contribution in [0.25, 0.3) is 4.98 Å². The Morgan fingerprint density at radius 1 is 2.00 bits per heavy atom. The number of rotatable bonds is 1. The van der Waals surface area contributed by atoms with Crippen molar-refractivity contribution in [2.24, 2.45) is 5.73 Å². The Labute approximate surface area is 65.4 Å². The van der Waals surface area contributed by atoms with Gasteiger partial charge >= 0.3 is 5.12 Å². The third-order valence-corrected chi connectivity index (χ3v) is 2.03. The molecule has 0 saturated heterocycles. The zero-order chi connectivity index (χ0) is 8.48. The zero-order valence-electron chi connectivity index (χ0n) is 5.22. The lowest BCUT2D eigenvalue weighted by Crippen LogP contribution is -2.40. The number of hydrogen-bond acceptors (Lipinski definition) is 6. The number of nitrogens with one attached hydrogen (secondary N) is 1. The average Bonchev–Trinajstić information content (AvgIpc) is 2.33. The first kappa shape index (κ1) is 7.62. The van der Waals surface area contributed by atoms with Gasteiger partial charge in [0.05, 0.1) is 0 Å². The molecule has 1 atom stereocenters. The summed E-state index contributed by atoms with van der Waals surface area (Å²) in [6.45, 7) is 0. The highest BCUT2D eigenvalue weighted by Gasteiger charge is 2.62. The van der Waals surface area contributed by atoms with E-state index < -0.39 is 10.0 Å². The molecule has 0 spiro atoms. The average molecular weight is 174 g/mol. The van der Waals surface area contributed by atoms with Crippen molar-refractivity contribution in [3.05, 3.63) is 26.3 Å². The van der Waals surface area contributed by atoms with Gasteiger partial charge < -0.3 is 5.73 Å². The molecule has 3 N–H and O–H groups in total. The topological polar surface area (TPSA) is 109 Å². The summed E-state index contributed by atoms with van der Waals surface area (Å²) in [5.41, 5.74) is 5.21. The first-order valence-corrected chi connectivity index (χ1v) is 3.35. The minimum atomic E-state index is -1.94. The molecular formula is C3H4N5O2S+. The van der Waals surface area contributed by atoms with Gasteiger partial charge in [-0.15, -0.1) is 0 Å². The van der Waals surface area contributed by atoms with Crippen LogP contribution in [0.2, 0.25) is 0 Å². The van der Waals surface area contributed by atoms with Crippen molar-refractivity contribution in [3.63, 3.8) is 0 Å². The molecule has 7 nitrogen and oxygen atoms in total. The summed E-state index contributed by atoms with van der Waals surface area (Å²) in [7, 11) is 0. The maximum absolute atomic E-state index is 10.3. The van der Waals surface area contributed by atoms with Crippen molar-refractivity contribution in [3.8, 4) is 0 Å². The van der Waals surface area contributed by atoms with Crippen LogP contribution in [0.5, 0.6) is 0 Å². The van der Waals surface area contributed by atoms with Crippen LogP contribution in [-0.4, -0.2) is 10.0 Å². The largest absolute Gasteiger partial charge is 0.692 e. The lowest BCUT2D eigenvalue weighted by atomic mass is 10.8. The van der Waals surface area contributed by atoms with Gasteiger partial charge in [0.2, 0.25) is 10.4 Å². The zero-order valence-corrected chi connectivity index (χ0v) is 6.04. The summed E-state index contributed by atoms with van der Waals surface area (Å²) in [5, 5.41) is 19.1. The summed E-state index contributed by atoms with van der Waals surface area (Å²) in [6, 6.07) is 0. The van der Waals surface area contributed by atoms with Crippen molar-refractivity contribution in [2.45, 2.75) is 5.12 Å². The molecule has 11 heavy (non-hydrogen) atoms. The molecule has 0 radical (unpaired) electrons. The number of nitro groups is 1. The molecule has 0 aromatic heterocycles. The maximum Gasteiger partial charge on any atom is 0.692 e. The lowest BCUT2D eigenvalue weighted by Gasteiger charge is -1.96. The van der Waals surface area contributed by atoms with E-state index in [1.54, 1.807) is 0 Å². The normalized spacial score (nSPS) is 28.5. The van der Waals surface area contributed by atoms with E-state index in [0.29, 0.717) is 11.8 Å². The summed E-state index contributed by atoms with van der Waals surface area (Å²) in [4.78, 5) is 12.1. The molecule has 0 aromatic rings. The Morgan fingerprint density at radius 3 is 2.82 bits per heavy atom. The molecular weight excluding hydrogens is 170 g/mol. The van der Waals surface area contributed by atoms with Crippen LogP contribution in [0, 0.1) is 15.5 Å². The van der Waals surface area contributed by atoms with E-state index in [9.17, 15) is 10.1 Å². The fourth-order valence-electron chi connectivity index (χ4n) is 0.564. The predicted molar refractivity (Wildman–Crippen MR) is 37.8 cm³/mol. The van der Waals surface area contributed by atoms with Gasteiger partial charge in [0.1, 0.15) is 21.7 Å². The highest BCUT2D eigenvalue weighted by molar-refractivity contribution is 8.04. The quantitative estimate of drug-likeness (QED) is 0.324. The predicted octanol–water partition coefficient (Wildman–Crippen LogP) is -0.179. The van der Waals surface area contributed by atoms with Gasteiger partial charge in [0.15, 0.2) is 0 Å². The number of hydrogen-bond donors (Lipinski definition) is 2. The third kappa shape index (κ3) is 1.05. The molecule has 1 aliphatic rings. The van der Waals surface area contributed by atoms with Gasteiger partial charge in [-0.2, -0.15) is 0 Å². The van der Waals surface area contributed by atoms with Gasteiger partial charge in [-0.05, 0) is 0 Å². The van der Waals surface area contributed by atoms with E-state index in [0.717, 1.165) is 0 Å². The van der Waals surface area contributed by atoms with Gasteiger partial charge in [-0.3, -0.25) is 10.1 Å². The fraction of sp³-hybridized carbons (Fsp3) is 0.333. The van der Waals surface area contributed by atoms with Gasteiger partial charge in [-0.25, -0.2) is 5.32 Å². The Bertz CT molecular complexity index is 269. The van der Waals surface area contributed by atoms with Crippen LogP contribution in [0.3, 0.4) is 0 Å². The van der Waals surface area contributed by atoms with E-state index in [-0.39, 0.29) is 5.03 Å². The first-order valence-electron chi connectivity index (χ1n) is 2.54. The monoisotopic (exact) mass is 174 g/mol. The molecule has 0 fully saturated rings. The fourth-order valence-corrected chi connectivity index (χ4v) is 1.24. The lowest BCUT2D eigenvalue weighted by molar-refractivity contribution is -0.530. The minimum absolute atomic E-state index is 0.208.